The Kier molecular flexibility index (Phi) is 13.1. The molecule has 0 bridgehead atoms. The number of carbonyl (C=O) groups excluding carboxylic acids is 1. The van der Waals surface area contributed by atoms with Crippen molar-refractivity contribution >= 4 is 55.1 Å². The number of nitrogens with zero attached hydrogens (tertiary/aromatic N) is 2. The van der Waals surface area contributed by atoms with Crippen molar-refractivity contribution in [2.24, 2.45) is 5.73 Å². The molecule has 0 spiro atoms. The average molecular weight is 455 g/mol. The molecule has 0 radical (unpaired) electrons. The fraction of sp³-hybridized carbons (Fsp3) is 0.632. The summed E-state index contributed by atoms with van der Waals surface area (Å²) in [5.41, 5.74) is 9.21. The van der Waals surface area contributed by atoms with Gasteiger partial charge >= 0.3 is 0 Å². The standard InChI is InChI=1S/C19H31N3OS2.2ClH/c1-14-5-4-6-18(15(14)2)19(23)22-9-8-21(11-16(20)13-24)17(12-22)7-10-25-3;;/h4-6,16-17,24H,7-13,20H2,1-3H3;2*1H/t16-,17+;;/m1../s1. The van der Waals surface area contributed by atoms with Gasteiger partial charge in [0.1, 0.15) is 0 Å². The van der Waals surface area contributed by atoms with Gasteiger partial charge in [0.2, 0.25) is 0 Å². The normalized spacial score (nSPS) is 18.4. The molecule has 0 aromatic heterocycles. The Morgan fingerprint density at radius 2 is 2.04 bits per heavy atom. The molecule has 156 valence electrons. The van der Waals surface area contributed by atoms with Crippen LogP contribution in [0.2, 0.25) is 0 Å². The number of carbonyl (C=O) groups is 1. The molecule has 27 heavy (non-hydrogen) atoms. The molecular weight excluding hydrogens is 421 g/mol. The zero-order valence-electron chi connectivity index (χ0n) is 16.4. The van der Waals surface area contributed by atoms with Gasteiger partial charge < -0.3 is 10.6 Å². The Hall–Kier alpha value is -0.110. The number of thioether (sulfide) groups is 1. The van der Waals surface area contributed by atoms with E-state index < -0.39 is 0 Å². The lowest BCUT2D eigenvalue weighted by Gasteiger charge is -2.42. The molecule has 1 aromatic carbocycles. The Morgan fingerprint density at radius 3 is 2.67 bits per heavy atom. The third-order valence-electron chi connectivity index (χ3n) is 5.09. The smallest absolute Gasteiger partial charge is 0.254 e. The van der Waals surface area contributed by atoms with Gasteiger partial charge in [-0.15, -0.1) is 24.8 Å². The minimum atomic E-state index is 0. The van der Waals surface area contributed by atoms with Crippen molar-refractivity contribution < 1.29 is 4.79 Å². The van der Waals surface area contributed by atoms with Crippen LogP contribution in [0.1, 0.15) is 27.9 Å². The lowest BCUT2D eigenvalue weighted by Crippen LogP contribution is -2.57. The quantitative estimate of drug-likeness (QED) is 0.621. The van der Waals surface area contributed by atoms with Gasteiger partial charge in [-0.1, -0.05) is 12.1 Å². The highest BCUT2D eigenvalue weighted by Gasteiger charge is 2.30. The Morgan fingerprint density at radius 1 is 1.33 bits per heavy atom. The summed E-state index contributed by atoms with van der Waals surface area (Å²) in [6.45, 7) is 7.39. The number of halogens is 2. The van der Waals surface area contributed by atoms with E-state index in [4.69, 9.17) is 5.73 Å². The number of aryl methyl sites for hydroxylation is 1. The van der Waals surface area contributed by atoms with Crippen LogP contribution in [-0.4, -0.2) is 71.7 Å². The zero-order valence-corrected chi connectivity index (χ0v) is 19.7. The lowest BCUT2D eigenvalue weighted by atomic mass is 10.0. The molecule has 2 rings (SSSR count). The summed E-state index contributed by atoms with van der Waals surface area (Å²) in [6.07, 6.45) is 3.21. The molecule has 1 aliphatic rings. The van der Waals surface area contributed by atoms with Gasteiger partial charge in [0, 0.05) is 49.6 Å². The molecule has 1 amide bonds. The zero-order chi connectivity index (χ0) is 18.4. The number of thiol groups is 1. The van der Waals surface area contributed by atoms with Crippen LogP contribution < -0.4 is 5.73 Å². The van der Waals surface area contributed by atoms with Gasteiger partial charge in [-0.2, -0.15) is 24.4 Å². The van der Waals surface area contributed by atoms with Crippen molar-refractivity contribution in [1.82, 2.24) is 9.80 Å². The number of rotatable bonds is 7. The average Bonchev–Trinajstić information content (AvgIpc) is 2.62. The number of nitrogens with two attached hydrogens (primary N) is 1. The SMILES string of the molecule is CSCC[C@H]1CN(C(=O)c2cccc(C)c2C)CCN1C[C@@H](N)CS.Cl.Cl. The first kappa shape index (κ1) is 26.9. The van der Waals surface area contributed by atoms with E-state index in [1.807, 2.05) is 35.7 Å². The van der Waals surface area contributed by atoms with Gasteiger partial charge in [-0.3, -0.25) is 9.69 Å². The third kappa shape index (κ3) is 7.33. The highest BCUT2D eigenvalue weighted by Crippen LogP contribution is 2.20. The third-order valence-corrected chi connectivity index (χ3v) is 6.20. The Labute approximate surface area is 186 Å². The van der Waals surface area contributed by atoms with Crippen LogP contribution >= 0.6 is 49.2 Å². The second kappa shape index (κ2) is 13.2. The summed E-state index contributed by atoms with van der Waals surface area (Å²) in [6, 6.07) is 6.44. The minimum absolute atomic E-state index is 0. The predicted octanol–water partition coefficient (Wildman–Crippen LogP) is 3.28. The van der Waals surface area contributed by atoms with Crippen molar-refractivity contribution in [2.45, 2.75) is 32.4 Å². The molecule has 1 heterocycles. The monoisotopic (exact) mass is 453 g/mol. The van der Waals surface area contributed by atoms with Crippen molar-refractivity contribution in [3.05, 3.63) is 34.9 Å². The van der Waals surface area contributed by atoms with Gasteiger partial charge in [-0.05, 0) is 49.5 Å². The van der Waals surface area contributed by atoms with Crippen LogP contribution in [-0.2, 0) is 0 Å². The largest absolute Gasteiger partial charge is 0.336 e. The number of hydrogen-bond acceptors (Lipinski definition) is 5. The molecule has 1 fully saturated rings. The van der Waals surface area contributed by atoms with E-state index in [0.717, 1.165) is 49.5 Å². The highest BCUT2D eigenvalue weighted by molar-refractivity contribution is 7.98. The summed E-state index contributed by atoms with van der Waals surface area (Å²) in [7, 11) is 0. The van der Waals surface area contributed by atoms with E-state index in [9.17, 15) is 4.79 Å². The van der Waals surface area contributed by atoms with E-state index in [1.165, 1.54) is 5.56 Å². The van der Waals surface area contributed by atoms with Crippen LogP contribution in [0.3, 0.4) is 0 Å². The maximum Gasteiger partial charge on any atom is 0.254 e. The van der Waals surface area contributed by atoms with Gasteiger partial charge in [0.25, 0.3) is 5.91 Å². The molecule has 0 aliphatic carbocycles. The van der Waals surface area contributed by atoms with Gasteiger partial charge in [0.05, 0.1) is 0 Å². The van der Waals surface area contributed by atoms with E-state index in [1.54, 1.807) is 0 Å². The molecule has 1 aromatic rings. The van der Waals surface area contributed by atoms with Crippen molar-refractivity contribution in [1.29, 1.82) is 0 Å². The minimum Gasteiger partial charge on any atom is -0.336 e. The predicted molar refractivity (Wildman–Crippen MR) is 127 cm³/mol. The fourth-order valence-electron chi connectivity index (χ4n) is 3.36. The topological polar surface area (TPSA) is 49.6 Å². The first-order valence-electron chi connectivity index (χ1n) is 8.92. The van der Waals surface area contributed by atoms with Gasteiger partial charge in [-0.25, -0.2) is 0 Å². The van der Waals surface area contributed by atoms with Crippen LogP contribution in [0, 0.1) is 13.8 Å². The maximum atomic E-state index is 13.0. The molecule has 2 atom stereocenters. The van der Waals surface area contributed by atoms with Crippen molar-refractivity contribution in [3.63, 3.8) is 0 Å². The summed E-state index contributed by atoms with van der Waals surface area (Å²) in [5.74, 6) is 1.95. The first-order chi connectivity index (χ1) is 12.0. The number of benzene rings is 1. The summed E-state index contributed by atoms with van der Waals surface area (Å²) in [5, 5.41) is 0. The molecular formula is C19H33Cl2N3OS2. The Balaban J connectivity index is 0.00000338. The Bertz CT molecular complexity index is 592. The number of piperazine rings is 1. The maximum absolute atomic E-state index is 13.0. The molecule has 0 saturated carbocycles. The van der Waals surface area contributed by atoms with E-state index >= 15 is 0 Å². The molecule has 4 nitrogen and oxygen atoms in total. The van der Waals surface area contributed by atoms with Crippen molar-refractivity contribution in [3.8, 4) is 0 Å². The molecule has 2 N–H and O–H groups in total. The van der Waals surface area contributed by atoms with Gasteiger partial charge in [0.15, 0.2) is 0 Å². The number of hydrogen-bond donors (Lipinski definition) is 2. The van der Waals surface area contributed by atoms with E-state index in [2.05, 4.69) is 36.8 Å². The molecule has 1 saturated heterocycles. The summed E-state index contributed by atoms with van der Waals surface area (Å²) < 4.78 is 0. The van der Waals surface area contributed by atoms with Crippen LogP contribution in [0.25, 0.3) is 0 Å². The van der Waals surface area contributed by atoms with E-state index in [-0.39, 0.29) is 36.8 Å². The van der Waals surface area contributed by atoms with E-state index in [0.29, 0.717) is 11.8 Å². The first-order valence-corrected chi connectivity index (χ1v) is 11.0. The lowest BCUT2D eigenvalue weighted by molar-refractivity contribution is 0.0465. The number of amides is 1. The summed E-state index contributed by atoms with van der Waals surface area (Å²) in [4.78, 5) is 17.5. The second-order valence-electron chi connectivity index (χ2n) is 6.87. The molecule has 0 unspecified atom stereocenters. The van der Waals surface area contributed by atoms with Crippen LogP contribution in [0.5, 0.6) is 0 Å². The van der Waals surface area contributed by atoms with Crippen molar-refractivity contribution in [2.75, 3.05) is 43.9 Å². The van der Waals surface area contributed by atoms with Crippen LogP contribution in [0.4, 0.5) is 0 Å². The highest BCUT2D eigenvalue weighted by atomic mass is 35.5. The fourth-order valence-corrected chi connectivity index (χ4v) is 3.98. The summed E-state index contributed by atoms with van der Waals surface area (Å²) >= 11 is 6.17. The molecule has 1 aliphatic heterocycles. The second-order valence-corrected chi connectivity index (χ2v) is 8.22. The van der Waals surface area contributed by atoms with Crippen LogP contribution in [0.15, 0.2) is 18.2 Å². The molecule has 8 heteroatoms.